The molecule has 1 heterocycles. The molecular formula is C12H24OS. The summed E-state index contributed by atoms with van der Waals surface area (Å²) in [6.07, 6.45) is 5.63. The Labute approximate surface area is 92.7 Å². The van der Waals surface area contributed by atoms with Gasteiger partial charge in [-0.15, -0.1) is 0 Å². The molecule has 0 bridgehead atoms. The van der Waals surface area contributed by atoms with E-state index in [1.54, 1.807) is 0 Å². The molecule has 2 atom stereocenters. The molecule has 1 rings (SSSR count). The first kappa shape index (κ1) is 12.4. The first-order chi connectivity index (χ1) is 6.54. The van der Waals surface area contributed by atoms with Crippen LogP contribution in [-0.4, -0.2) is 21.7 Å². The van der Waals surface area contributed by atoms with E-state index < -0.39 is 0 Å². The highest BCUT2D eigenvalue weighted by molar-refractivity contribution is 8.00. The number of aliphatic hydroxyl groups is 1. The predicted molar refractivity (Wildman–Crippen MR) is 64.8 cm³/mol. The summed E-state index contributed by atoms with van der Waals surface area (Å²) in [4.78, 5) is 0. The van der Waals surface area contributed by atoms with Crippen LogP contribution in [0.5, 0.6) is 0 Å². The van der Waals surface area contributed by atoms with E-state index in [2.05, 4.69) is 20.8 Å². The Morgan fingerprint density at radius 3 is 2.79 bits per heavy atom. The zero-order valence-corrected chi connectivity index (χ0v) is 10.6. The Hall–Kier alpha value is 0.310. The standard InChI is InChI=1S/C12H24OS/c1-10(2)6-4-7-12(13)8-5-9-14-11(12)3/h10-11,13H,4-9H2,1-3H3. The third-order valence-electron chi connectivity index (χ3n) is 3.27. The highest BCUT2D eigenvalue weighted by Crippen LogP contribution is 2.37. The van der Waals surface area contributed by atoms with E-state index >= 15 is 0 Å². The van der Waals surface area contributed by atoms with Crippen molar-refractivity contribution < 1.29 is 5.11 Å². The molecule has 0 amide bonds. The maximum Gasteiger partial charge on any atom is 0.0763 e. The lowest BCUT2D eigenvalue weighted by Gasteiger charge is -2.38. The van der Waals surface area contributed by atoms with Gasteiger partial charge in [0.05, 0.1) is 5.60 Å². The van der Waals surface area contributed by atoms with Crippen molar-refractivity contribution in [2.45, 2.75) is 63.7 Å². The van der Waals surface area contributed by atoms with Gasteiger partial charge in [-0.2, -0.15) is 11.8 Å². The molecular weight excluding hydrogens is 192 g/mol. The SMILES string of the molecule is CC(C)CCCC1(O)CCCSC1C. The van der Waals surface area contributed by atoms with Gasteiger partial charge in [0, 0.05) is 5.25 Å². The third kappa shape index (κ3) is 3.47. The molecule has 0 aromatic carbocycles. The lowest BCUT2D eigenvalue weighted by atomic mass is 9.87. The highest BCUT2D eigenvalue weighted by Gasteiger charge is 2.35. The minimum absolute atomic E-state index is 0.363. The largest absolute Gasteiger partial charge is 0.389 e. The van der Waals surface area contributed by atoms with Gasteiger partial charge in [0.1, 0.15) is 0 Å². The van der Waals surface area contributed by atoms with Crippen LogP contribution >= 0.6 is 11.8 Å². The lowest BCUT2D eigenvalue weighted by molar-refractivity contribution is 0.0178. The molecule has 1 N–H and O–H groups in total. The fourth-order valence-corrected chi connectivity index (χ4v) is 3.35. The minimum Gasteiger partial charge on any atom is -0.389 e. The Bertz CT molecular complexity index is 170. The number of hydrogen-bond donors (Lipinski definition) is 1. The van der Waals surface area contributed by atoms with Crippen LogP contribution < -0.4 is 0 Å². The Morgan fingerprint density at radius 1 is 1.50 bits per heavy atom. The molecule has 2 unspecified atom stereocenters. The minimum atomic E-state index is -0.363. The smallest absolute Gasteiger partial charge is 0.0763 e. The summed E-state index contributed by atoms with van der Waals surface area (Å²) < 4.78 is 0. The van der Waals surface area contributed by atoms with Crippen LogP contribution in [0.25, 0.3) is 0 Å². The molecule has 1 fully saturated rings. The normalized spacial score (nSPS) is 33.6. The Kier molecular flexibility index (Phi) is 4.78. The number of rotatable bonds is 4. The molecule has 84 valence electrons. The van der Waals surface area contributed by atoms with E-state index in [1.807, 2.05) is 11.8 Å². The van der Waals surface area contributed by atoms with E-state index in [0.717, 1.165) is 18.8 Å². The van der Waals surface area contributed by atoms with Crippen LogP contribution in [0.2, 0.25) is 0 Å². The van der Waals surface area contributed by atoms with Crippen molar-refractivity contribution in [1.29, 1.82) is 0 Å². The average molecular weight is 216 g/mol. The van der Waals surface area contributed by atoms with Crippen molar-refractivity contribution in [1.82, 2.24) is 0 Å². The van der Waals surface area contributed by atoms with Crippen molar-refractivity contribution in [3.63, 3.8) is 0 Å². The Balaban J connectivity index is 2.32. The van der Waals surface area contributed by atoms with Gasteiger partial charge in [-0.1, -0.05) is 33.6 Å². The third-order valence-corrected chi connectivity index (χ3v) is 4.73. The molecule has 1 saturated heterocycles. The van der Waals surface area contributed by atoms with Crippen molar-refractivity contribution >= 4 is 11.8 Å². The van der Waals surface area contributed by atoms with Gasteiger partial charge in [-0.3, -0.25) is 0 Å². The van der Waals surface area contributed by atoms with Gasteiger partial charge in [-0.05, 0) is 30.9 Å². The fourth-order valence-electron chi connectivity index (χ4n) is 2.14. The molecule has 1 aliphatic heterocycles. The molecule has 1 nitrogen and oxygen atoms in total. The molecule has 2 heteroatoms. The summed E-state index contributed by atoms with van der Waals surface area (Å²) in [5.41, 5.74) is -0.363. The van der Waals surface area contributed by atoms with Crippen molar-refractivity contribution in [3.8, 4) is 0 Å². The fraction of sp³-hybridized carbons (Fsp3) is 1.00. The summed E-state index contributed by atoms with van der Waals surface area (Å²) in [5, 5.41) is 10.9. The summed E-state index contributed by atoms with van der Waals surface area (Å²) in [6, 6.07) is 0. The second-order valence-corrected chi connectivity index (χ2v) is 6.45. The second-order valence-electron chi connectivity index (χ2n) is 5.01. The van der Waals surface area contributed by atoms with E-state index in [1.165, 1.54) is 25.0 Å². The van der Waals surface area contributed by atoms with E-state index in [4.69, 9.17) is 0 Å². The topological polar surface area (TPSA) is 20.2 Å². The zero-order valence-electron chi connectivity index (χ0n) is 9.75. The van der Waals surface area contributed by atoms with Crippen LogP contribution in [-0.2, 0) is 0 Å². The quantitative estimate of drug-likeness (QED) is 0.776. The molecule has 0 spiro atoms. The van der Waals surface area contributed by atoms with Crippen LogP contribution in [0.4, 0.5) is 0 Å². The molecule has 1 aliphatic rings. The van der Waals surface area contributed by atoms with E-state index in [0.29, 0.717) is 5.25 Å². The maximum atomic E-state index is 10.4. The number of thioether (sulfide) groups is 1. The Morgan fingerprint density at radius 2 is 2.21 bits per heavy atom. The molecule has 0 aliphatic carbocycles. The van der Waals surface area contributed by atoms with Crippen molar-refractivity contribution in [2.75, 3.05) is 5.75 Å². The summed E-state index contributed by atoms with van der Waals surface area (Å²) in [7, 11) is 0. The van der Waals surface area contributed by atoms with Crippen molar-refractivity contribution in [2.24, 2.45) is 5.92 Å². The van der Waals surface area contributed by atoms with Crippen molar-refractivity contribution in [3.05, 3.63) is 0 Å². The monoisotopic (exact) mass is 216 g/mol. The van der Waals surface area contributed by atoms with Gasteiger partial charge in [0.25, 0.3) is 0 Å². The van der Waals surface area contributed by atoms with E-state index in [-0.39, 0.29) is 5.60 Å². The lowest BCUT2D eigenvalue weighted by Crippen LogP contribution is -2.41. The average Bonchev–Trinajstić information content (AvgIpc) is 2.10. The summed E-state index contributed by atoms with van der Waals surface area (Å²) in [5.74, 6) is 2.00. The maximum absolute atomic E-state index is 10.4. The predicted octanol–water partition coefficient (Wildman–Crippen LogP) is 3.46. The van der Waals surface area contributed by atoms with Gasteiger partial charge in [0.15, 0.2) is 0 Å². The van der Waals surface area contributed by atoms with Gasteiger partial charge in [0.2, 0.25) is 0 Å². The molecule has 0 aromatic heterocycles. The first-order valence-corrected chi connectivity index (χ1v) is 6.93. The van der Waals surface area contributed by atoms with Crippen LogP contribution in [0, 0.1) is 5.92 Å². The van der Waals surface area contributed by atoms with Gasteiger partial charge in [-0.25, -0.2) is 0 Å². The van der Waals surface area contributed by atoms with Gasteiger partial charge >= 0.3 is 0 Å². The zero-order chi connectivity index (χ0) is 10.6. The van der Waals surface area contributed by atoms with Crippen LogP contribution in [0.15, 0.2) is 0 Å². The number of hydrogen-bond acceptors (Lipinski definition) is 2. The summed E-state index contributed by atoms with van der Waals surface area (Å²) in [6.45, 7) is 6.69. The van der Waals surface area contributed by atoms with E-state index in [9.17, 15) is 5.11 Å². The second kappa shape index (κ2) is 5.41. The summed E-state index contributed by atoms with van der Waals surface area (Å²) >= 11 is 1.93. The molecule has 0 aromatic rings. The van der Waals surface area contributed by atoms with Crippen LogP contribution in [0.3, 0.4) is 0 Å². The molecule has 14 heavy (non-hydrogen) atoms. The highest BCUT2D eigenvalue weighted by atomic mass is 32.2. The molecule has 0 radical (unpaired) electrons. The van der Waals surface area contributed by atoms with Crippen LogP contribution in [0.1, 0.15) is 52.9 Å². The molecule has 0 saturated carbocycles. The first-order valence-electron chi connectivity index (χ1n) is 5.88. The van der Waals surface area contributed by atoms with Gasteiger partial charge < -0.3 is 5.11 Å².